The van der Waals surface area contributed by atoms with Crippen LogP contribution in [-0.2, 0) is 14.3 Å². The second kappa shape index (κ2) is 5.49. The molecular formula is C14H24N2O3. The molecule has 5 heteroatoms. The first-order chi connectivity index (χ1) is 8.92. The number of carbonyl (C=O) groups excluding carboxylic acids is 2. The van der Waals surface area contributed by atoms with Crippen molar-refractivity contribution in [2.24, 2.45) is 5.92 Å². The fraction of sp³-hybridized carbons (Fsp3) is 0.857. The van der Waals surface area contributed by atoms with E-state index < -0.39 is 0 Å². The molecule has 0 radical (unpaired) electrons. The topological polar surface area (TPSA) is 58.6 Å². The number of rotatable bonds is 3. The zero-order valence-corrected chi connectivity index (χ0v) is 12.1. The Kier molecular flexibility index (Phi) is 4.13. The molecule has 0 bridgehead atoms. The van der Waals surface area contributed by atoms with Crippen LogP contribution < -0.4 is 5.32 Å². The van der Waals surface area contributed by atoms with Crippen molar-refractivity contribution in [2.45, 2.75) is 51.6 Å². The molecule has 2 aliphatic heterocycles. The first-order valence-electron chi connectivity index (χ1n) is 7.11. The predicted molar refractivity (Wildman–Crippen MR) is 71.6 cm³/mol. The van der Waals surface area contributed by atoms with Crippen molar-refractivity contribution >= 4 is 11.8 Å². The molecule has 0 aromatic rings. The number of ether oxygens (including phenoxy) is 1. The van der Waals surface area contributed by atoms with Crippen LogP contribution in [-0.4, -0.2) is 48.1 Å². The lowest BCUT2D eigenvalue weighted by atomic mass is 9.96. The Labute approximate surface area is 114 Å². The summed E-state index contributed by atoms with van der Waals surface area (Å²) < 4.78 is 5.45. The van der Waals surface area contributed by atoms with Crippen LogP contribution in [0.3, 0.4) is 0 Å². The van der Waals surface area contributed by atoms with Gasteiger partial charge < -0.3 is 15.0 Å². The van der Waals surface area contributed by atoms with Crippen molar-refractivity contribution in [3.8, 4) is 0 Å². The lowest BCUT2D eigenvalue weighted by Gasteiger charge is -2.38. The summed E-state index contributed by atoms with van der Waals surface area (Å²) in [6.45, 7) is 7.95. The Hall–Kier alpha value is -1.10. The largest absolute Gasteiger partial charge is 0.379 e. The van der Waals surface area contributed by atoms with Crippen LogP contribution in [0.25, 0.3) is 0 Å². The van der Waals surface area contributed by atoms with Crippen LogP contribution in [0.5, 0.6) is 0 Å². The molecule has 0 spiro atoms. The van der Waals surface area contributed by atoms with E-state index in [-0.39, 0.29) is 23.4 Å². The molecule has 2 amide bonds. The van der Waals surface area contributed by atoms with Crippen molar-refractivity contribution < 1.29 is 14.3 Å². The molecule has 2 saturated heterocycles. The Bertz CT molecular complexity index is 362. The second-order valence-corrected chi connectivity index (χ2v) is 6.29. The van der Waals surface area contributed by atoms with Crippen LogP contribution in [0.1, 0.15) is 40.0 Å². The summed E-state index contributed by atoms with van der Waals surface area (Å²) >= 11 is 0. The monoisotopic (exact) mass is 268 g/mol. The average Bonchev–Trinajstić information content (AvgIpc) is 2.69. The molecule has 0 aromatic carbocycles. The van der Waals surface area contributed by atoms with Gasteiger partial charge in [0, 0.05) is 19.6 Å². The van der Waals surface area contributed by atoms with Crippen molar-refractivity contribution in [1.29, 1.82) is 0 Å². The summed E-state index contributed by atoms with van der Waals surface area (Å²) in [5.74, 6) is 0.401. The van der Waals surface area contributed by atoms with Gasteiger partial charge >= 0.3 is 0 Å². The first kappa shape index (κ1) is 14.3. The molecule has 2 fully saturated rings. The van der Waals surface area contributed by atoms with Gasteiger partial charge in [0.15, 0.2) is 0 Å². The standard InChI is InChI=1S/C14H24N2O3/c1-10(2)8-11-13(18)16(6-4-12(17)15-11)14(3)5-7-19-9-14/h10-11H,4-9H2,1-3H3,(H,15,17). The van der Waals surface area contributed by atoms with Gasteiger partial charge in [0.25, 0.3) is 0 Å². The molecule has 108 valence electrons. The molecule has 0 saturated carbocycles. The van der Waals surface area contributed by atoms with Gasteiger partial charge in [-0.15, -0.1) is 0 Å². The maximum atomic E-state index is 12.7. The lowest BCUT2D eigenvalue weighted by molar-refractivity contribution is -0.139. The maximum Gasteiger partial charge on any atom is 0.245 e. The predicted octanol–water partition coefficient (Wildman–Crippen LogP) is 0.929. The van der Waals surface area contributed by atoms with Gasteiger partial charge in [-0.05, 0) is 25.7 Å². The number of amides is 2. The molecule has 5 nitrogen and oxygen atoms in total. The Balaban J connectivity index is 2.18. The van der Waals surface area contributed by atoms with Gasteiger partial charge in [-0.1, -0.05) is 13.8 Å². The Morgan fingerprint density at radius 2 is 2.21 bits per heavy atom. The van der Waals surface area contributed by atoms with Gasteiger partial charge in [0.05, 0.1) is 12.1 Å². The molecule has 2 heterocycles. The summed E-state index contributed by atoms with van der Waals surface area (Å²) in [6.07, 6.45) is 1.93. The van der Waals surface area contributed by atoms with Crippen molar-refractivity contribution in [3.05, 3.63) is 0 Å². The lowest BCUT2D eigenvalue weighted by Crippen LogP contribution is -2.55. The summed E-state index contributed by atoms with van der Waals surface area (Å²) in [6, 6.07) is -0.382. The van der Waals surface area contributed by atoms with Crippen molar-refractivity contribution in [1.82, 2.24) is 10.2 Å². The highest BCUT2D eigenvalue weighted by Gasteiger charge is 2.42. The van der Waals surface area contributed by atoms with Gasteiger partial charge in [-0.3, -0.25) is 9.59 Å². The van der Waals surface area contributed by atoms with Gasteiger partial charge in [0.2, 0.25) is 11.8 Å². The van der Waals surface area contributed by atoms with Crippen molar-refractivity contribution in [2.75, 3.05) is 19.8 Å². The molecule has 2 aliphatic rings. The van der Waals surface area contributed by atoms with E-state index >= 15 is 0 Å². The van der Waals surface area contributed by atoms with E-state index in [1.807, 2.05) is 4.90 Å². The third-order valence-electron chi connectivity index (χ3n) is 4.02. The van der Waals surface area contributed by atoms with E-state index in [4.69, 9.17) is 4.74 Å². The van der Waals surface area contributed by atoms with Crippen LogP contribution in [0.4, 0.5) is 0 Å². The van der Waals surface area contributed by atoms with Crippen LogP contribution >= 0.6 is 0 Å². The van der Waals surface area contributed by atoms with E-state index in [9.17, 15) is 9.59 Å². The zero-order chi connectivity index (χ0) is 14.0. The van der Waals surface area contributed by atoms with Crippen LogP contribution in [0.2, 0.25) is 0 Å². The van der Waals surface area contributed by atoms with Gasteiger partial charge in [-0.2, -0.15) is 0 Å². The van der Waals surface area contributed by atoms with E-state index in [1.54, 1.807) is 0 Å². The minimum atomic E-state index is -0.382. The summed E-state index contributed by atoms with van der Waals surface area (Å²) in [7, 11) is 0. The first-order valence-corrected chi connectivity index (χ1v) is 7.11. The molecule has 2 rings (SSSR count). The molecule has 0 aromatic heterocycles. The van der Waals surface area contributed by atoms with Crippen LogP contribution in [0, 0.1) is 5.92 Å². The SMILES string of the molecule is CC(C)CC1NC(=O)CCN(C2(C)CCOC2)C1=O. The van der Waals surface area contributed by atoms with E-state index in [0.717, 1.165) is 6.42 Å². The molecule has 2 unspecified atom stereocenters. The Morgan fingerprint density at radius 3 is 2.79 bits per heavy atom. The maximum absolute atomic E-state index is 12.7. The Morgan fingerprint density at radius 1 is 1.47 bits per heavy atom. The minimum absolute atomic E-state index is 0.0241. The number of nitrogens with zero attached hydrogens (tertiary/aromatic N) is 1. The van der Waals surface area contributed by atoms with Crippen LogP contribution in [0.15, 0.2) is 0 Å². The highest BCUT2D eigenvalue weighted by Crippen LogP contribution is 2.28. The zero-order valence-electron chi connectivity index (χ0n) is 12.1. The summed E-state index contributed by atoms with van der Waals surface area (Å²) in [5, 5.41) is 2.86. The summed E-state index contributed by atoms with van der Waals surface area (Å²) in [5.41, 5.74) is -0.251. The van der Waals surface area contributed by atoms with Gasteiger partial charge in [-0.25, -0.2) is 0 Å². The second-order valence-electron chi connectivity index (χ2n) is 6.29. The normalized spacial score (nSPS) is 32.6. The molecular weight excluding hydrogens is 244 g/mol. The fourth-order valence-corrected chi connectivity index (χ4v) is 2.88. The number of hydrogen-bond acceptors (Lipinski definition) is 3. The summed E-state index contributed by atoms with van der Waals surface area (Å²) in [4.78, 5) is 26.3. The molecule has 1 N–H and O–H groups in total. The fourth-order valence-electron chi connectivity index (χ4n) is 2.88. The van der Waals surface area contributed by atoms with E-state index in [1.165, 1.54) is 0 Å². The van der Waals surface area contributed by atoms with Gasteiger partial charge in [0.1, 0.15) is 6.04 Å². The minimum Gasteiger partial charge on any atom is -0.379 e. The highest BCUT2D eigenvalue weighted by molar-refractivity contribution is 5.90. The average molecular weight is 268 g/mol. The van der Waals surface area contributed by atoms with E-state index in [2.05, 4.69) is 26.1 Å². The van der Waals surface area contributed by atoms with E-state index in [0.29, 0.717) is 38.5 Å². The molecule has 2 atom stereocenters. The third-order valence-corrected chi connectivity index (χ3v) is 4.02. The number of hydrogen-bond donors (Lipinski definition) is 1. The third kappa shape index (κ3) is 3.08. The highest BCUT2D eigenvalue weighted by atomic mass is 16.5. The molecule has 19 heavy (non-hydrogen) atoms. The number of carbonyl (C=O) groups is 2. The van der Waals surface area contributed by atoms with Crippen molar-refractivity contribution in [3.63, 3.8) is 0 Å². The number of nitrogens with one attached hydrogen (secondary N) is 1. The quantitative estimate of drug-likeness (QED) is 0.828. The smallest absolute Gasteiger partial charge is 0.245 e. The molecule has 0 aliphatic carbocycles.